The van der Waals surface area contributed by atoms with Gasteiger partial charge in [0.25, 0.3) is 0 Å². The zero-order valence-electron chi connectivity index (χ0n) is 13.2. The zero-order valence-corrected chi connectivity index (χ0v) is 14.0. The Morgan fingerprint density at radius 3 is 2.05 bits per heavy atom. The summed E-state index contributed by atoms with van der Waals surface area (Å²) in [5.41, 5.74) is 5.51. The van der Waals surface area contributed by atoms with Gasteiger partial charge < -0.3 is 16.4 Å². The SMILES string of the molecule is CC(C)CC(=O)NC(C(=O)NCC(C)CN)C(C)C.Cl. The lowest BCUT2D eigenvalue weighted by Gasteiger charge is -2.23. The second kappa shape index (κ2) is 10.9. The van der Waals surface area contributed by atoms with Crippen molar-refractivity contribution in [3.63, 3.8) is 0 Å². The van der Waals surface area contributed by atoms with Crippen molar-refractivity contribution in [3.8, 4) is 0 Å². The monoisotopic (exact) mass is 307 g/mol. The normalized spacial score (nSPS) is 13.6. The third-order valence-electron chi connectivity index (χ3n) is 2.89. The van der Waals surface area contributed by atoms with Crippen LogP contribution in [0.15, 0.2) is 0 Å². The van der Waals surface area contributed by atoms with Gasteiger partial charge in [-0.05, 0) is 24.3 Å². The number of halogens is 1. The van der Waals surface area contributed by atoms with Crippen molar-refractivity contribution in [2.24, 2.45) is 23.5 Å². The lowest BCUT2D eigenvalue weighted by Crippen LogP contribution is -2.50. The average molecular weight is 308 g/mol. The van der Waals surface area contributed by atoms with Gasteiger partial charge in [0, 0.05) is 13.0 Å². The summed E-state index contributed by atoms with van der Waals surface area (Å²) in [5.74, 6) is 0.378. The summed E-state index contributed by atoms with van der Waals surface area (Å²) in [5, 5.41) is 5.65. The lowest BCUT2D eigenvalue weighted by molar-refractivity contribution is -0.130. The molecule has 6 heteroatoms. The molecule has 2 amide bonds. The van der Waals surface area contributed by atoms with Crippen molar-refractivity contribution < 1.29 is 9.59 Å². The molecule has 4 N–H and O–H groups in total. The minimum atomic E-state index is -0.476. The molecule has 0 bridgehead atoms. The molecule has 0 aromatic carbocycles. The van der Waals surface area contributed by atoms with Crippen molar-refractivity contribution in [3.05, 3.63) is 0 Å². The predicted molar refractivity (Wildman–Crippen MR) is 84.7 cm³/mol. The molecule has 0 aliphatic carbocycles. The van der Waals surface area contributed by atoms with Crippen LogP contribution in [0.5, 0.6) is 0 Å². The fraction of sp³-hybridized carbons (Fsp3) is 0.857. The predicted octanol–water partition coefficient (Wildman–Crippen LogP) is 1.31. The van der Waals surface area contributed by atoms with Crippen LogP contribution in [0.2, 0.25) is 0 Å². The summed E-state index contributed by atoms with van der Waals surface area (Å²) in [6.45, 7) is 10.9. The molecule has 2 atom stereocenters. The van der Waals surface area contributed by atoms with Crippen LogP contribution in [-0.2, 0) is 9.59 Å². The van der Waals surface area contributed by atoms with Gasteiger partial charge in [0.1, 0.15) is 6.04 Å². The molecular formula is C14H30ClN3O2. The lowest BCUT2D eigenvalue weighted by atomic mass is 10.0. The Bertz CT molecular complexity index is 296. The molecule has 2 unspecified atom stereocenters. The van der Waals surface area contributed by atoms with E-state index in [1.807, 2.05) is 34.6 Å². The van der Waals surface area contributed by atoms with Gasteiger partial charge in [0.15, 0.2) is 0 Å². The minimum absolute atomic E-state index is 0. The van der Waals surface area contributed by atoms with E-state index in [1.165, 1.54) is 0 Å². The fourth-order valence-corrected chi connectivity index (χ4v) is 1.61. The van der Waals surface area contributed by atoms with Gasteiger partial charge >= 0.3 is 0 Å². The van der Waals surface area contributed by atoms with Gasteiger partial charge in [-0.1, -0.05) is 34.6 Å². The first-order valence-corrected chi connectivity index (χ1v) is 7.05. The average Bonchev–Trinajstić information content (AvgIpc) is 2.31. The number of rotatable bonds is 8. The molecule has 120 valence electrons. The van der Waals surface area contributed by atoms with Gasteiger partial charge in [-0.2, -0.15) is 0 Å². The van der Waals surface area contributed by atoms with Crippen LogP contribution in [0, 0.1) is 17.8 Å². The Hall–Kier alpha value is -0.810. The van der Waals surface area contributed by atoms with E-state index in [2.05, 4.69) is 10.6 Å². The van der Waals surface area contributed by atoms with Crippen LogP contribution in [0.4, 0.5) is 0 Å². The van der Waals surface area contributed by atoms with Crippen LogP contribution in [0.25, 0.3) is 0 Å². The van der Waals surface area contributed by atoms with Crippen LogP contribution >= 0.6 is 12.4 Å². The maximum Gasteiger partial charge on any atom is 0.242 e. The largest absolute Gasteiger partial charge is 0.354 e. The quantitative estimate of drug-likeness (QED) is 0.632. The second-order valence-corrected chi connectivity index (χ2v) is 5.97. The third kappa shape index (κ3) is 9.15. The van der Waals surface area contributed by atoms with Crippen LogP contribution in [0.1, 0.15) is 41.0 Å². The van der Waals surface area contributed by atoms with Crippen molar-refractivity contribution in [2.45, 2.75) is 47.1 Å². The Kier molecular flexibility index (Phi) is 11.7. The molecule has 0 fully saturated rings. The number of carbonyl (C=O) groups is 2. The summed E-state index contributed by atoms with van der Waals surface area (Å²) in [6.07, 6.45) is 0.440. The maximum atomic E-state index is 12.1. The Labute approximate surface area is 128 Å². The summed E-state index contributed by atoms with van der Waals surface area (Å²) in [6, 6.07) is -0.476. The Morgan fingerprint density at radius 2 is 1.65 bits per heavy atom. The molecular weight excluding hydrogens is 278 g/mol. The molecule has 0 aromatic rings. The molecule has 0 aromatic heterocycles. The Balaban J connectivity index is 0. The molecule has 0 spiro atoms. The Morgan fingerprint density at radius 1 is 1.10 bits per heavy atom. The van der Waals surface area contributed by atoms with Crippen molar-refractivity contribution >= 4 is 24.2 Å². The molecule has 0 heterocycles. The highest BCUT2D eigenvalue weighted by Crippen LogP contribution is 2.05. The van der Waals surface area contributed by atoms with Crippen molar-refractivity contribution in [1.29, 1.82) is 0 Å². The van der Waals surface area contributed by atoms with E-state index in [9.17, 15) is 9.59 Å². The van der Waals surface area contributed by atoms with E-state index in [4.69, 9.17) is 5.73 Å². The first-order chi connectivity index (χ1) is 8.77. The first kappa shape index (κ1) is 21.5. The summed E-state index contributed by atoms with van der Waals surface area (Å²) >= 11 is 0. The number of nitrogens with two attached hydrogens (primary N) is 1. The summed E-state index contributed by atoms with van der Waals surface area (Å²) < 4.78 is 0. The molecule has 0 radical (unpaired) electrons. The van der Waals surface area contributed by atoms with E-state index in [0.717, 1.165) is 0 Å². The molecule has 0 rings (SSSR count). The molecule has 0 aliphatic rings. The molecule has 0 aliphatic heterocycles. The topological polar surface area (TPSA) is 84.2 Å². The van der Waals surface area contributed by atoms with E-state index in [0.29, 0.717) is 19.5 Å². The summed E-state index contributed by atoms with van der Waals surface area (Å²) in [4.78, 5) is 23.8. The molecule has 5 nitrogen and oxygen atoms in total. The van der Waals surface area contributed by atoms with E-state index in [1.54, 1.807) is 0 Å². The smallest absolute Gasteiger partial charge is 0.242 e. The highest BCUT2D eigenvalue weighted by atomic mass is 35.5. The van der Waals surface area contributed by atoms with E-state index < -0.39 is 6.04 Å². The molecule has 0 saturated heterocycles. The van der Waals surface area contributed by atoms with E-state index >= 15 is 0 Å². The number of hydrogen-bond acceptors (Lipinski definition) is 3. The van der Waals surface area contributed by atoms with Crippen LogP contribution in [-0.4, -0.2) is 30.9 Å². The van der Waals surface area contributed by atoms with Gasteiger partial charge in [-0.25, -0.2) is 0 Å². The number of nitrogens with one attached hydrogen (secondary N) is 2. The summed E-state index contributed by atoms with van der Waals surface area (Å²) in [7, 11) is 0. The second-order valence-electron chi connectivity index (χ2n) is 5.97. The fourth-order valence-electron chi connectivity index (χ4n) is 1.61. The van der Waals surface area contributed by atoms with Crippen LogP contribution < -0.4 is 16.4 Å². The highest BCUT2D eigenvalue weighted by Gasteiger charge is 2.24. The maximum absolute atomic E-state index is 12.1. The molecule has 20 heavy (non-hydrogen) atoms. The highest BCUT2D eigenvalue weighted by molar-refractivity contribution is 5.87. The van der Waals surface area contributed by atoms with Gasteiger partial charge in [-0.3, -0.25) is 9.59 Å². The number of amides is 2. The zero-order chi connectivity index (χ0) is 15.0. The van der Waals surface area contributed by atoms with Gasteiger partial charge in [0.2, 0.25) is 11.8 Å². The van der Waals surface area contributed by atoms with Crippen molar-refractivity contribution in [2.75, 3.05) is 13.1 Å². The number of hydrogen-bond donors (Lipinski definition) is 3. The van der Waals surface area contributed by atoms with Crippen LogP contribution in [0.3, 0.4) is 0 Å². The van der Waals surface area contributed by atoms with Gasteiger partial charge in [-0.15, -0.1) is 12.4 Å². The van der Waals surface area contributed by atoms with Crippen molar-refractivity contribution in [1.82, 2.24) is 10.6 Å². The number of carbonyl (C=O) groups excluding carboxylic acids is 2. The van der Waals surface area contributed by atoms with E-state index in [-0.39, 0.29) is 42.0 Å². The van der Waals surface area contributed by atoms with Gasteiger partial charge in [0.05, 0.1) is 0 Å². The standard InChI is InChI=1S/C14H29N3O2.ClH/c1-9(2)6-12(18)17-13(10(3)4)14(19)16-8-11(5)7-15;/h9-11,13H,6-8,15H2,1-5H3,(H,16,19)(H,17,18);1H. The molecule has 0 saturated carbocycles. The third-order valence-corrected chi connectivity index (χ3v) is 2.89. The first-order valence-electron chi connectivity index (χ1n) is 7.05. The minimum Gasteiger partial charge on any atom is -0.354 e.